The minimum absolute atomic E-state index is 0.0323. The summed E-state index contributed by atoms with van der Waals surface area (Å²) >= 11 is 18.0. The topological polar surface area (TPSA) is 75.7 Å². The zero-order chi connectivity index (χ0) is 23.1. The number of nitrogens with one attached hydrogen (secondary N) is 1. The van der Waals surface area contributed by atoms with Gasteiger partial charge in [-0.3, -0.25) is 9.10 Å². The first-order valence-corrected chi connectivity index (χ1v) is 12.0. The number of sulfonamides is 1. The van der Waals surface area contributed by atoms with Gasteiger partial charge in [-0.1, -0.05) is 53.0 Å². The number of halogens is 3. The van der Waals surface area contributed by atoms with Gasteiger partial charge in [0.2, 0.25) is 5.91 Å². The van der Waals surface area contributed by atoms with Gasteiger partial charge in [-0.2, -0.15) is 0 Å². The molecule has 168 valence electrons. The van der Waals surface area contributed by atoms with Crippen LogP contribution in [0.25, 0.3) is 0 Å². The van der Waals surface area contributed by atoms with Gasteiger partial charge in [0, 0.05) is 10.0 Å². The SMILES string of the molecule is O=C(CN(c1ccc(Cl)cc1Cl)S(=O)(=O)c1ccccc1)NCCOc1ccc(Cl)cc1. The second-order valence-corrected chi connectivity index (χ2v) is 9.72. The summed E-state index contributed by atoms with van der Waals surface area (Å²) in [6, 6.07) is 19.0. The number of benzene rings is 3. The Bertz CT molecular complexity index is 1170. The highest BCUT2D eigenvalue weighted by Crippen LogP contribution is 2.32. The third-order valence-corrected chi connectivity index (χ3v) is 6.87. The molecule has 0 atom stereocenters. The molecular weight excluding hydrogens is 495 g/mol. The summed E-state index contributed by atoms with van der Waals surface area (Å²) in [7, 11) is -4.06. The summed E-state index contributed by atoms with van der Waals surface area (Å²) in [6.07, 6.45) is 0. The summed E-state index contributed by atoms with van der Waals surface area (Å²) in [5.74, 6) is 0.0834. The number of anilines is 1. The van der Waals surface area contributed by atoms with Crippen molar-refractivity contribution < 1.29 is 17.9 Å². The highest BCUT2D eigenvalue weighted by Gasteiger charge is 2.28. The Balaban J connectivity index is 1.72. The number of amides is 1. The zero-order valence-electron chi connectivity index (χ0n) is 16.7. The van der Waals surface area contributed by atoms with E-state index in [1.807, 2.05) is 0 Å². The number of ether oxygens (including phenoxy) is 1. The molecule has 3 rings (SSSR count). The molecule has 0 saturated carbocycles. The fourth-order valence-corrected chi connectivity index (χ4v) is 4.93. The van der Waals surface area contributed by atoms with Crippen molar-refractivity contribution in [2.24, 2.45) is 0 Å². The third kappa shape index (κ3) is 6.29. The number of carbonyl (C=O) groups is 1. The lowest BCUT2D eigenvalue weighted by Gasteiger charge is -2.25. The lowest BCUT2D eigenvalue weighted by molar-refractivity contribution is -0.119. The van der Waals surface area contributed by atoms with E-state index in [2.05, 4.69) is 5.32 Å². The summed E-state index contributed by atoms with van der Waals surface area (Å²) in [6.45, 7) is -0.102. The van der Waals surface area contributed by atoms with Crippen LogP contribution in [0.4, 0.5) is 5.69 Å². The number of nitrogens with zero attached hydrogens (tertiary/aromatic N) is 1. The molecule has 0 aliphatic rings. The molecule has 0 aliphatic carbocycles. The highest BCUT2D eigenvalue weighted by atomic mass is 35.5. The van der Waals surface area contributed by atoms with Crippen molar-refractivity contribution in [2.45, 2.75) is 4.90 Å². The first-order valence-electron chi connectivity index (χ1n) is 9.45. The van der Waals surface area contributed by atoms with Crippen LogP contribution in [-0.4, -0.2) is 34.0 Å². The normalized spacial score (nSPS) is 11.1. The summed E-state index contributed by atoms with van der Waals surface area (Å²) in [4.78, 5) is 12.6. The quantitative estimate of drug-likeness (QED) is 0.407. The zero-order valence-corrected chi connectivity index (χ0v) is 19.8. The van der Waals surface area contributed by atoms with Crippen molar-refractivity contribution >= 4 is 56.4 Å². The molecule has 0 unspecified atom stereocenters. The molecule has 0 radical (unpaired) electrons. The monoisotopic (exact) mass is 512 g/mol. The van der Waals surface area contributed by atoms with E-state index in [9.17, 15) is 13.2 Å². The van der Waals surface area contributed by atoms with E-state index in [0.717, 1.165) is 4.31 Å². The van der Waals surface area contributed by atoms with E-state index >= 15 is 0 Å². The van der Waals surface area contributed by atoms with E-state index in [1.54, 1.807) is 42.5 Å². The van der Waals surface area contributed by atoms with Crippen molar-refractivity contribution in [3.63, 3.8) is 0 Å². The van der Waals surface area contributed by atoms with Crippen LogP contribution in [0.3, 0.4) is 0 Å². The molecule has 1 N–H and O–H groups in total. The average molecular weight is 514 g/mol. The standard InChI is InChI=1S/C22H19Cl3N2O4S/c23-16-6-9-18(10-7-16)31-13-12-26-22(28)15-27(21-11-8-17(24)14-20(21)25)32(29,30)19-4-2-1-3-5-19/h1-11,14H,12-13,15H2,(H,26,28). The van der Waals surface area contributed by atoms with Gasteiger partial charge in [-0.25, -0.2) is 8.42 Å². The van der Waals surface area contributed by atoms with E-state index in [4.69, 9.17) is 39.5 Å². The minimum atomic E-state index is -4.06. The second-order valence-electron chi connectivity index (χ2n) is 6.57. The molecule has 1 amide bonds. The molecule has 10 heteroatoms. The van der Waals surface area contributed by atoms with Gasteiger partial charge in [0.05, 0.1) is 22.2 Å². The molecule has 0 saturated heterocycles. The predicted octanol–water partition coefficient (Wildman–Crippen LogP) is 5.04. The minimum Gasteiger partial charge on any atom is -0.492 e. The predicted molar refractivity (Wildman–Crippen MR) is 127 cm³/mol. The fourth-order valence-electron chi connectivity index (χ4n) is 2.78. The van der Waals surface area contributed by atoms with Crippen LogP contribution in [-0.2, 0) is 14.8 Å². The van der Waals surface area contributed by atoms with Crippen LogP contribution in [0.15, 0.2) is 77.7 Å². The van der Waals surface area contributed by atoms with Gasteiger partial charge in [0.1, 0.15) is 18.9 Å². The van der Waals surface area contributed by atoms with Crippen molar-refractivity contribution in [1.82, 2.24) is 5.32 Å². The van der Waals surface area contributed by atoms with Crippen LogP contribution in [0, 0.1) is 0 Å². The molecule has 6 nitrogen and oxygen atoms in total. The van der Waals surface area contributed by atoms with Crippen molar-refractivity contribution in [3.8, 4) is 5.75 Å². The summed E-state index contributed by atoms with van der Waals surface area (Å²) in [5.41, 5.74) is 0.146. The van der Waals surface area contributed by atoms with E-state index in [1.165, 1.54) is 30.3 Å². The number of hydrogen-bond acceptors (Lipinski definition) is 4. The molecule has 0 heterocycles. The van der Waals surface area contributed by atoms with Crippen LogP contribution in [0.2, 0.25) is 15.1 Å². The molecule has 0 aliphatic heterocycles. The molecule has 32 heavy (non-hydrogen) atoms. The van der Waals surface area contributed by atoms with Crippen molar-refractivity contribution in [1.29, 1.82) is 0 Å². The number of carbonyl (C=O) groups excluding carboxylic acids is 1. The number of hydrogen-bond donors (Lipinski definition) is 1. The molecule has 0 fully saturated rings. The van der Waals surface area contributed by atoms with Gasteiger partial charge in [-0.05, 0) is 54.6 Å². The maximum Gasteiger partial charge on any atom is 0.264 e. The Hall–Kier alpha value is -2.45. The van der Waals surface area contributed by atoms with E-state index < -0.39 is 22.5 Å². The van der Waals surface area contributed by atoms with E-state index in [0.29, 0.717) is 15.8 Å². The smallest absolute Gasteiger partial charge is 0.264 e. The van der Waals surface area contributed by atoms with Gasteiger partial charge < -0.3 is 10.1 Å². The first-order chi connectivity index (χ1) is 15.3. The Morgan fingerprint density at radius 1 is 0.906 bits per heavy atom. The summed E-state index contributed by atoms with van der Waals surface area (Å²) < 4.78 is 33.0. The van der Waals surface area contributed by atoms with Gasteiger partial charge in [-0.15, -0.1) is 0 Å². The first kappa shape index (κ1) is 24.2. The fraction of sp³-hybridized carbons (Fsp3) is 0.136. The summed E-state index contributed by atoms with van der Waals surface area (Å²) in [5, 5.41) is 3.70. The van der Waals surface area contributed by atoms with Crippen LogP contribution >= 0.6 is 34.8 Å². The van der Waals surface area contributed by atoms with Crippen LogP contribution in [0.5, 0.6) is 5.75 Å². The lowest BCUT2D eigenvalue weighted by atomic mass is 10.3. The molecular formula is C22H19Cl3N2O4S. The van der Waals surface area contributed by atoms with Crippen LogP contribution in [0.1, 0.15) is 0 Å². The van der Waals surface area contributed by atoms with Crippen LogP contribution < -0.4 is 14.4 Å². The maximum absolute atomic E-state index is 13.3. The lowest BCUT2D eigenvalue weighted by Crippen LogP contribution is -2.42. The van der Waals surface area contributed by atoms with Gasteiger partial charge >= 0.3 is 0 Å². The molecule has 0 aromatic heterocycles. The molecule has 3 aromatic rings. The molecule has 3 aromatic carbocycles. The number of rotatable bonds is 9. The average Bonchev–Trinajstić information content (AvgIpc) is 2.77. The van der Waals surface area contributed by atoms with Gasteiger partial charge in [0.25, 0.3) is 10.0 Å². The molecule has 0 bridgehead atoms. The van der Waals surface area contributed by atoms with Crippen molar-refractivity contribution in [2.75, 3.05) is 24.0 Å². The Morgan fingerprint density at radius 3 is 2.22 bits per heavy atom. The Morgan fingerprint density at radius 2 is 1.56 bits per heavy atom. The maximum atomic E-state index is 13.3. The second kappa shape index (κ2) is 10.9. The van der Waals surface area contributed by atoms with Crippen molar-refractivity contribution in [3.05, 3.63) is 87.9 Å². The largest absolute Gasteiger partial charge is 0.492 e. The molecule has 0 spiro atoms. The Labute approximate surface area is 201 Å². The highest BCUT2D eigenvalue weighted by molar-refractivity contribution is 7.92. The Kier molecular flexibility index (Phi) is 8.26. The van der Waals surface area contributed by atoms with Gasteiger partial charge in [0.15, 0.2) is 0 Å². The third-order valence-electron chi connectivity index (χ3n) is 4.30. The van der Waals surface area contributed by atoms with E-state index in [-0.39, 0.29) is 28.8 Å².